The molecule has 0 bridgehead atoms. The van der Waals surface area contributed by atoms with Crippen LogP contribution in [0.15, 0.2) is 36.4 Å². The maximum absolute atomic E-state index is 6.74. The van der Waals surface area contributed by atoms with Crippen molar-refractivity contribution < 1.29 is 28.4 Å². The van der Waals surface area contributed by atoms with Gasteiger partial charge in [-0.1, -0.05) is 158 Å². The molecule has 4 aromatic carbocycles. The third kappa shape index (κ3) is 15.4. The third-order valence-corrected chi connectivity index (χ3v) is 12.0. The number of hydrogen-bond donors (Lipinski definition) is 0. The molecule has 0 saturated heterocycles. The molecule has 6 nitrogen and oxygen atoms in total. The van der Waals surface area contributed by atoms with Crippen molar-refractivity contribution in [2.24, 2.45) is 5.92 Å². The van der Waals surface area contributed by atoms with E-state index >= 15 is 0 Å². The van der Waals surface area contributed by atoms with Crippen LogP contribution in [0.3, 0.4) is 0 Å². The number of unbranched alkanes of at least 4 members (excludes halogenated alkanes) is 15. The zero-order chi connectivity index (χ0) is 42.8. The molecule has 0 aliphatic heterocycles. The highest BCUT2D eigenvalue weighted by Gasteiger charge is 2.21. The van der Waals surface area contributed by atoms with Gasteiger partial charge < -0.3 is 28.4 Å². The molecule has 60 heavy (non-hydrogen) atoms. The van der Waals surface area contributed by atoms with Gasteiger partial charge >= 0.3 is 0 Å². The van der Waals surface area contributed by atoms with Gasteiger partial charge in [0, 0.05) is 0 Å². The molecule has 0 aliphatic carbocycles. The largest absolute Gasteiger partial charge is 0.490 e. The second-order valence-corrected chi connectivity index (χ2v) is 17.1. The topological polar surface area (TPSA) is 55.4 Å². The molecule has 0 aliphatic rings. The second kappa shape index (κ2) is 28.9. The SMILES string of the molecule is CCCCCCOc1cc2c3cc(OCCCCCC)c(OCCCCCC)cc3c3cc(OCC(CC)CC)c(OCCCCCC)cc3c2cc1OCCCCCC. The zero-order valence-corrected chi connectivity index (χ0v) is 39.3. The molecule has 0 fully saturated rings. The lowest BCUT2D eigenvalue weighted by Crippen LogP contribution is -2.11. The van der Waals surface area contributed by atoms with Crippen LogP contribution < -0.4 is 28.4 Å². The molecule has 6 heteroatoms. The lowest BCUT2D eigenvalue weighted by atomic mass is 9.93. The number of rotatable bonds is 35. The van der Waals surface area contributed by atoms with E-state index in [1.165, 1.54) is 64.2 Å². The van der Waals surface area contributed by atoms with E-state index in [2.05, 4.69) is 84.9 Å². The molecule has 0 heterocycles. The number of hydrogen-bond acceptors (Lipinski definition) is 6. The monoisotopic (exact) mass is 829 g/mol. The van der Waals surface area contributed by atoms with Gasteiger partial charge in [0.25, 0.3) is 0 Å². The summed E-state index contributed by atoms with van der Waals surface area (Å²) in [6.07, 6.45) is 25.1. The molecule has 4 aromatic rings. The first-order valence-electron chi connectivity index (χ1n) is 24.8. The summed E-state index contributed by atoms with van der Waals surface area (Å²) in [7, 11) is 0. The predicted molar refractivity (Wildman–Crippen MR) is 257 cm³/mol. The van der Waals surface area contributed by atoms with Crippen LogP contribution >= 0.6 is 0 Å². The van der Waals surface area contributed by atoms with Crippen LogP contribution in [0.2, 0.25) is 0 Å². The Labute approximate surface area is 365 Å². The van der Waals surface area contributed by atoms with Crippen molar-refractivity contribution in [1.82, 2.24) is 0 Å². The fourth-order valence-electron chi connectivity index (χ4n) is 7.98. The molecule has 4 rings (SSSR count). The van der Waals surface area contributed by atoms with E-state index in [4.69, 9.17) is 28.4 Å². The molecule has 0 radical (unpaired) electrons. The Bertz CT molecular complexity index is 1730. The Morgan fingerprint density at radius 2 is 0.500 bits per heavy atom. The summed E-state index contributed by atoms with van der Waals surface area (Å²) in [6, 6.07) is 13.4. The van der Waals surface area contributed by atoms with E-state index in [0.29, 0.717) is 45.6 Å². The average Bonchev–Trinajstić information content (AvgIpc) is 3.26. The molecular weight excluding hydrogens is 745 g/mol. The molecule has 336 valence electrons. The van der Waals surface area contributed by atoms with E-state index in [-0.39, 0.29) is 0 Å². The first kappa shape index (κ1) is 49.1. The number of ether oxygens (including phenoxy) is 6. The lowest BCUT2D eigenvalue weighted by Gasteiger charge is -2.21. The summed E-state index contributed by atoms with van der Waals surface area (Å²) in [5, 5.41) is 6.69. The summed E-state index contributed by atoms with van der Waals surface area (Å²) in [5.41, 5.74) is 0. The first-order valence-corrected chi connectivity index (χ1v) is 24.8. The van der Waals surface area contributed by atoms with Gasteiger partial charge in [0.2, 0.25) is 0 Å². The van der Waals surface area contributed by atoms with Crippen molar-refractivity contribution >= 4 is 32.3 Å². The van der Waals surface area contributed by atoms with Gasteiger partial charge in [0.1, 0.15) is 0 Å². The molecular formula is C54H84O6. The van der Waals surface area contributed by atoms with Gasteiger partial charge in [0.05, 0.1) is 39.6 Å². The van der Waals surface area contributed by atoms with Crippen LogP contribution in [0.4, 0.5) is 0 Å². The van der Waals surface area contributed by atoms with E-state index in [1.54, 1.807) is 0 Å². The highest BCUT2D eigenvalue weighted by atomic mass is 16.5. The van der Waals surface area contributed by atoms with Crippen LogP contribution in [0.25, 0.3) is 32.3 Å². The van der Waals surface area contributed by atoms with Gasteiger partial charge in [0.15, 0.2) is 34.5 Å². The highest BCUT2D eigenvalue weighted by Crippen LogP contribution is 2.47. The van der Waals surface area contributed by atoms with Crippen molar-refractivity contribution in [3.63, 3.8) is 0 Å². The van der Waals surface area contributed by atoms with Crippen molar-refractivity contribution in [3.05, 3.63) is 36.4 Å². The standard InChI is InChI=1S/C54H84O6/c1-8-15-20-25-30-55-49-35-43-44-36-50(56-31-26-21-16-9-2)52(58-33-28-23-18-11-4)38-46(44)48-40-54(60-41-42(13-6)14-7)53(59-34-29-24-19-12-5)39-47(48)45(43)37-51(49)57-32-27-22-17-10-3/h35-40,42H,8-34,41H2,1-7H3. The fourth-order valence-corrected chi connectivity index (χ4v) is 7.98. The summed E-state index contributed by atoms with van der Waals surface area (Å²) in [6.45, 7) is 19.7. The lowest BCUT2D eigenvalue weighted by molar-refractivity contribution is 0.222. The Balaban J connectivity index is 1.98. The Morgan fingerprint density at radius 1 is 0.283 bits per heavy atom. The van der Waals surface area contributed by atoms with Gasteiger partial charge in [-0.2, -0.15) is 0 Å². The van der Waals surface area contributed by atoms with Gasteiger partial charge in [-0.25, -0.2) is 0 Å². The second-order valence-electron chi connectivity index (χ2n) is 17.1. The van der Waals surface area contributed by atoms with E-state index in [9.17, 15) is 0 Å². The quantitative estimate of drug-likeness (QED) is 0.0340. The minimum atomic E-state index is 0.480. The summed E-state index contributed by atoms with van der Waals surface area (Å²) in [4.78, 5) is 0. The van der Waals surface area contributed by atoms with Crippen molar-refractivity contribution in [3.8, 4) is 34.5 Å². The summed E-state index contributed by atoms with van der Waals surface area (Å²) < 4.78 is 40.0. The predicted octanol–water partition coefficient (Wildman–Crippen LogP) is 16.8. The molecule has 0 aromatic heterocycles. The Kier molecular flexibility index (Phi) is 23.6. The molecule has 0 amide bonds. The minimum Gasteiger partial charge on any atom is -0.490 e. The smallest absolute Gasteiger partial charge is 0.161 e. The average molecular weight is 829 g/mol. The van der Waals surface area contributed by atoms with E-state index in [0.717, 1.165) is 144 Å². The van der Waals surface area contributed by atoms with E-state index < -0.39 is 0 Å². The van der Waals surface area contributed by atoms with E-state index in [1.807, 2.05) is 0 Å². The first-order chi connectivity index (χ1) is 29.5. The molecule has 0 saturated carbocycles. The zero-order valence-electron chi connectivity index (χ0n) is 39.3. The Morgan fingerprint density at radius 3 is 0.700 bits per heavy atom. The van der Waals surface area contributed by atoms with Gasteiger partial charge in [-0.3, -0.25) is 0 Å². The normalized spacial score (nSPS) is 11.6. The molecule has 0 spiro atoms. The van der Waals surface area contributed by atoms with Crippen molar-refractivity contribution in [1.29, 1.82) is 0 Å². The minimum absolute atomic E-state index is 0.480. The molecule has 0 unspecified atom stereocenters. The molecule has 0 atom stereocenters. The maximum Gasteiger partial charge on any atom is 0.161 e. The summed E-state index contributed by atoms with van der Waals surface area (Å²) >= 11 is 0. The summed E-state index contributed by atoms with van der Waals surface area (Å²) in [5.74, 6) is 5.34. The van der Waals surface area contributed by atoms with Crippen LogP contribution in [0.1, 0.15) is 190 Å². The van der Waals surface area contributed by atoms with Crippen LogP contribution in [0.5, 0.6) is 34.5 Å². The van der Waals surface area contributed by atoms with Crippen LogP contribution in [0, 0.1) is 5.92 Å². The van der Waals surface area contributed by atoms with Crippen LogP contribution in [-0.2, 0) is 0 Å². The molecule has 0 N–H and O–H groups in total. The van der Waals surface area contributed by atoms with Gasteiger partial charge in [-0.15, -0.1) is 0 Å². The third-order valence-electron chi connectivity index (χ3n) is 12.0. The van der Waals surface area contributed by atoms with Crippen molar-refractivity contribution in [2.45, 2.75) is 190 Å². The fraction of sp³-hybridized carbons (Fsp3) is 0.667. The van der Waals surface area contributed by atoms with Gasteiger partial charge in [-0.05, 0) is 107 Å². The maximum atomic E-state index is 6.74. The van der Waals surface area contributed by atoms with Crippen molar-refractivity contribution in [2.75, 3.05) is 39.6 Å². The Hall–Kier alpha value is -3.54. The van der Waals surface area contributed by atoms with Crippen LogP contribution in [-0.4, -0.2) is 39.6 Å². The number of benzene rings is 4. The highest BCUT2D eigenvalue weighted by molar-refractivity contribution is 6.26. The number of fused-ring (bicyclic) bond motifs is 6.